The molecule has 0 aliphatic carbocycles. The Morgan fingerprint density at radius 2 is 1.73 bits per heavy atom. The standard InChI is InChI=1S/C33H32ClN7O4/c1-38(2)32(43)20-5-4-6-24(16-20)45-29-10-8-23(18-26(29)34)41-31(35)25(19-36-41)30(42)28-17-22-15-21(7-9-27(22)37-28)33(44)40-13-11-39(3)12-14-40/h4-10,15-19,37H,11-14,35H2,1-3H3. The number of halogens is 1. The molecule has 0 atom stereocenters. The van der Waals surface area contributed by atoms with Crippen molar-refractivity contribution >= 4 is 45.9 Å². The number of aromatic nitrogens is 3. The summed E-state index contributed by atoms with van der Waals surface area (Å²) in [5, 5.41) is 5.39. The van der Waals surface area contributed by atoms with Gasteiger partial charge in [-0.3, -0.25) is 14.4 Å². The van der Waals surface area contributed by atoms with Crippen molar-refractivity contribution in [3.8, 4) is 17.2 Å². The van der Waals surface area contributed by atoms with Gasteiger partial charge in [0.1, 0.15) is 17.3 Å². The van der Waals surface area contributed by atoms with Crippen molar-refractivity contribution < 1.29 is 19.1 Å². The summed E-state index contributed by atoms with van der Waals surface area (Å²) in [7, 11) is 5.41. The lowest BCUT2D eigenvalue weighted by molar-refractivity contribution is 0.0664. The summed E-state index contributed by atoms with van der Waals surface area (Å²) in [6.45, 7) is 3.04. The van der Waals surface area contributed by atoms with Crippen molar-refractivity contribution in [2.75, 3.05) is 53.1 Å². The smallest absolute Gasteiger partial charge is 0.253 e. The molecule has 11 nitrogen and oxygen atoms in total. The summed E-state index contributed by atoms with van der Waals surface area (Å²) in [6.07, 6.45) is 1.41. The average molecular weight is 626 g/mol. The number of carbonyl (C=O) groups excluding carboxylic acids is 3. The van der Waals surface area contributed by atoms with E-state index in [9.17, 15) is 14.4 Å². The Morgan fingerprint density at radius 1 is 0.956 bits per heavy atom. The molecule has 3 heterocycles. The zero-order chi connectivity index (χ0) is 31.8. The maximum atomic E-state index is 13.5. The monoisotopic (exact) mass is 625 g/mol. The fourth-order valence-corrected chi connectivity index (χ4v) is 5.46. The van der Waals surface area contributed by atoms with E-state index < -0.39 is 0 Å². The Morgan fingerprint density at radius 3 is 2.47 bits per heavy atom. The van der Waals surface area contributed by atoms with Crippen molar-refractivity contribution in [2.24, 2.45) is 0 Å². The predicted molar refractivity (Wildman–Crippen MR) is 173 cm³/mol. The first-order chi connectivity index (χ1) is 21.6. The van der Waals surface area contributed by atoms with Gasteiger partial charge in [0.25, 0.3) is 11.8 Å². The summed E-state index contributed by atoms with van der Waals surface area (Å²) in [5.41, 5.74) is 9.29. The molecule has 0 bridgehead atoms. The van der Waals surface area contributed by atoms with Gasteiger partial charge in [0.15, 0.2) is 0 Å². The van der Waals surface area contributed by atoms with E-state index >= 15 is 0 Å². The third-order valence-corrected chi connectivity index (χ3v) is 8.12. The Bertz CT molecular complexity index is 1940. The van der Waals surface area contributed by atoms with Crippen LogP contribution in [-0.4, -0.2) is 94.4 Å². The van der Waals surface area contributed by atoms with Crippen LogP contribution < -0.4 is 10.5 Å². The molecule has 1 fully saturated rings. The van der Waals surface area contributed by atoms with E-state index in [-0.39, 0.29) is 34.0 Å². The number of hydrogen-bond acceptors (Lipinski definition) is 7. The Kier molecular flexibility index (Phi) is 8.05. The van der Waals surface area contributed by atoms with E-state index in [0.717, 1.165) is 24.0 Å². The summed E-state index contributed by atoms with van der Waals surface area (Å²) < 4.78 is 7.37. The van der Waals surface area contributed by atoms with E-state index in [0.29, 0.717) is 47.1 Å². The van der Waals surface area contributed by atoms with Crippen LogP contribution >= 0.6 is 11.6 Å². The maximum Gasteiger partial charge on any atom is 0.253 e. The first-order valence-corrected chi connectivity index (χ1v) is 14.7. The van der Waals surface area contributed by atoms with Crippen LogP contribution in [0.4, 0.5) is 5.82 Å². The van der Waals surface area contributed by atoms with Crippen LogP contribution in [0.3, 0.4) is 0 Å². The quantitative estimate of drug-likeness (QED) is 0.251. The summed E-state index contributed by atoms with van der Waals surface area (Å²) in [5.74, 6) is 0.477. The van der Waals surface area contributed by atoms with Gasteiger partial charge in [-0.25, -0.2) is 4.68 Å². The first-order valence-electron chi connectivity index (χ1n) is 14.4. The molecule has 0 radical (unpaired) electrons. The summed E-state index contributed by atoms with van der Waals surface area (Å²) in [4.78, 5) is 47.6. The normalized spacial score (nSPS) is 13.6. The van der Waals surface area contributed by atoms with Gasteiger partial charge in [-0.2, -0.15) is 5.10 Å². The molecule has 45 heavy (non-hydrogen) atoms. The molecule has 1 aliphatic heterocycles. The fourth-order valence-electron chi connectivity index (χ4n) is 5.25. The molecule has 12 heteroatoms. The van der Waals surface area contributed by atoms with Crippen molar-refractivity contribution in [3.63, 3.8) is 0 Å². The highest BCUT2D eigenvalue weighted by Gasteiger charge is 2.23. The molecule has 230 valence electrons. The maximum absolute atomic E-state index is 13.5. The molecule has 0 spiro atoms. The molecule has 3 N–H and O–H groups in total. The van der Waals surface area contributed by atoms with Gasteiger partial charge >= 0.3 is 0 Å². The fraction of sp³-hybridized carbons (Fsp3) is 0.212. The highest BCUT2D eigenvalue weighted by molar-refractivity contribution is 6.32. The number of nitrogen functional groups attached to an aromatic ring is 1. The van der Waals surface area contributed by atoms with Gasteiger partial charge < -0.3 is 30.2 Å². The molecule has 3 aromatic carbocycles. The lowest BCUT2D eigenvalue weighted by Crippen LogP contribution is -2.47. The van der Waals surface area contributed by atoms with E-state index in [1.807, 2.05) is 18.0 Å². The summed E-state index contributed by atoms with van der Waals surface area (Å²) >= 11 is 6.55. The number of ether oxygens (including phenoxy) is 1. The highest BCUT2D eigenvalue weighted by Crippen LogP contribution is 2.33. The number of benzene rings is 3. The number of nitrogens with zero attached hydrogens (tertiary/aromatic N) is 5. The number of fused-ring (bicyclic) bond motifs is 1. The molecule has 6 rings (SSSR count). The second-order valence-corrected chi connectivity index (χ2v) is 11.6. The van der Waals surface area contributed by atoms with Gasteiger partial charge in [0.05, 0.1) is 28.2 Å². The number of anilines is 1. The van der Waals surface area contributed by atoms with Gasteiger partial charge in [0.2, 0.25) is 5.78 Å². The van der Waals surface area contributed by atoms with E-state index in [1.165, 1.54) is 15.8 Å². The Hall–Kier alpha value is -5.13. The van der Waals surface area contributed by atoms with Crippen LogP contribution in [0.1, 0.15) is 36.8 Å². The second kappa shape index (κ2) is 12.1. The second-order valence-electron chi connectivity index (χ2n) is 11.2. The van der Waals surface area contributed by atoms with Crippen LogP contribution in [-0.2, 0) is 0 Å². The summed E-state index contributed by atoms with van der Waals surface area (Å²) in [6, 6.07) is 18.9. The number of carbonyl (C=O) groups is 3. The van der Waals surface area contributed by atoms with Crippen LogP contribution in [0, 0.1) is 0 Å². The van der Waals surface area contributed by atoms with Crippen LogP contribution in [0.2, 0.25) is 5.02 Å². The number of ketones is 1. The molecule has 5 aromatic rings. The number of piperazine rings is 1. The largest absolute Gasteiger partial charge is 0.456 e. The lowest BCUT2D eigenvalue weighted by atomic mass is 10.1. The minimum absolute atomic E-state index is 0.0207. The third kappa shape index (κ3) is 6.00. The number of amides is 2. The number of rotatable bonds is 7. The van der Waals surface area contributed by atoms with Gasteiger partial charge in [-0.1, -0.05) is 17.7 Å². The average Bonchev–Trinajstić information content (AvgIpc) is 3.64. The topological polar surface area (TPSA) is 130 Å². The van der Waals surface area contributed by atoms with Crippen molar-refractivity contribution in [3.05, 3.63) is 100 Å². The minimum atomic E-state index is -0.333. The molecular weight excluding hydrogens is 594 g/mol. The zero-order valence-electron chi connectivity index (χ0n) is 25.1. The molecule has 1 aliphatic rings. The first kappa shape index (κ1) is 29.9. The number of hydrogen-bond donors (Lipinski definition) is 2. The van der Waals surface area contributed by atoms with Gasteiger partial charge in [-0.05, 0) is 67.7 Å². The number of H-pyrrole nitrogens is 1. The van der Waals surface area contributed by atoms with Crippen LogP contribution in [0.5, 0.6) is 11.5 Å². The Balaban J connectivity index is 1.20. The minimum Gasteiger partial charge on any atom is -0.456 e. The van der Waals surface area contributed by atoms with Crippen molar-refractivity contribution in [1.82, 2.24) is 29.5 Å². The molecule has 2 aromatic heterocycles. The SMILES string of the molecule is CN1CCN(C(=O)c2ccc3[nH]c(C(=O)c4cnn(-c5ccc(Oc6cccc(C(=O)N(C)C)c6)c(Cl)c5)c4N)cc3c2)CC1. The van der Waals surface area contributed by atoms with E-state index in [1.54, 1.807) is 74.8 Å². The van der Waals surface area contributed by atoms with Gasteiger partial charge in [-0.15, -0.1) is 0 Å². The highest BCUT2D eigenvalue weighted by atomic mass is 35.5. The number of nitrogens with two attached hydrogens (primary N) is 1. The predicted octanol–water partition coefficient (Wildman–Crippen LogP) is 4.70. The number of likely N-dealkylation sites (N-methyl/N-ethyl adjacent to an activating group) is 1. The van der Waals surface area contributed by atoms with E-state index in [2.05, 4.69) is 15.0 Å². The van der Waals surface area contributed by atoms with Crippen molar-refractivity contribution in [1.29, 1.82) is 0 Å². The molecular formula is C33H32ClN7O4. The Labute approximate surface area is 264 Å². The molecule has 2 amide bonds. The van der Waals surface area contributed by atoms with Crippen LogP contribution in [0.15, 0.2) is 72.9 Å². The van der Waals surface area contributed by atoms with Crippen LogP contribution in [0.25, 0.3) is 16.6 Å². The number of nitrogens with one attached hydrogen (secondary N) is 1. The molecule has 0 unspecified atom stereocenters. The van der Waals surface area contributed by atoms with Gasteiger partial charge in [0, 0.05) is 62.3 Å². The molecule has 0 saturated carbocycles. The molecule has 1 saturated heterocycles. The third-order valence-electron chi connectivity index (χ3n) is 7.83. The lowest BCUT2D eigenvalue weighted by Gasteiger charge is -2.32. The van der Waals surface area contributed by atoms with E-state index in [4.69, 9.17) is 22.1 Å². The van der Waals surface area contributed by atoms with Crippen molar-refractivity contribution in [2.45, 2.75) is 0 Å². The number of aromatic amines is 1. The zero-order valence-corrected chi connectivity index (χ0v) is 25.8.